The summed E-state index contributed by atoms with van der Waals surface area (Å²) in [5.41, 5.74) is 0.876. The van der Waals surface area contributed by atoms with Crippen LogP contribution < -0.4 is 10.6 Å². The molecule has 0 bridgehead atoms. The minimum absolute atomic E-state index is 0.160. The first-order chi connectivity index (χ1) is 9.66. The van der Waals surface area contributed by atoms with E-state index in [9.17, 15) is 9.59 Å². The monoisotopic (exact) mass is 276 g/mol. The van der Waals surface area contributed by atoms with Crippen LogP contribution in [0.15, 0.2) is 30.3 Å². The highest BCUT2D eigenvalue weighted by molar-refractivity contribution is 5.82. The summed E-state index contributed by atoms with van der Waals surface area (Å²) >= 11 is 0. The Balaban J connectivity index is 1.82. The summed E-state index contributed by atoms with van der Waals surface area (Å²) < 4.78 is 0. The predicted molar refractivity (Wildman–Crippen MR) is 76.5 cm³/mol. The van der Waals surface area contributed by atoms with E-state index in [1.165, 1.54) is 0 Å². The molecule has 0 spiro atoms. The van der Waals surface area contributed by atoms with E-state index in [1.807, 2.05) is 30.3 Å². The van der Waals surface area contributed by atoms with Crippen molar-refractivity contribution in [3.63, 3.8) is 0 Å². The fraction of sp³-hybridized carbons (Fsp3) is 0.467. The number of benzene rings is 1. The van der Waals surface area contributed by atoms with Crippen LogP contribution in [0, 0.1) is 5.92 Å². The Hall–Kier alpha value is -2.04. The van der Waals surface area contributed by atoms with E-state index >= 15 is 0 Å². The molecule has 1 aliphatic rings. The molecular formula is C15H20N2O3. The fourth-order valence-electron chi connectivity index (χ4n) is 2.60. The lowest BCUT2D eigenvalue weighted by atomic mass is 9.84. The van der Waals surface area contributed by atoms with Crippen molar-refractivity contribution in [2.24, 2.45) is 5.92 Å². The van der Waals surface area contributed by atoms with Gasteiger partial charge in [0.2, 0.25) is 5.91 Å². The van der Waals surface area contributed by atoms with Crippen molar-refractivity contribution in [1.82, 2.24) is 5.32 Å². The van der Waals surface area contributed by atoms with Crippen LogP contribution in [0.2, 0.25) is 0 Å². The van der Waals surface area contributed by atoms with Crippen molar-refractivity contribution in [3.8, 4) is 0 Å². The van der Waals surface area contributed by atoms with Crippen molar-refractivity contribution in [3.05, 3.63) is 30.3 Å². The lowest BCUT2D eigenvalue weighted by molar-refractivity contribution is -0.144. The van der Waals surface area contributed by atoms with Crippen molar-refractivity contribution >= 4 is 17.6 Å². The van der Waals surface area contributed by atoms with Gasteiger partial charge in [-0.25, -0.2) is 0 Å². The molecule has 1 amide bonds. The van der Waals surface area contributed by atoms with Gasteiger partial charge in [-0.3, -0.25) is 9.59 Å². The second-order valence-corrected chi connectivity index (χ2v) is 5.12. The molecule has 2 unspecified atom stereocenters. The van der Waals surface area contributed by atoms with Gasteiger partial charge >= 0.3 is 5.97 Å². The summed E-state index contributed by atoms with van der Waals surface area (Å²) in [4.78, 5) is 23.0. The molecule has 20 heavy (non-hydrogen) atoms. The molecule has 2 rings (SSSR count). The van der Waals surface area contributed by atoms with Crippen LogP contribution in [0.25, 0.3) is 0 Å². The van der Waals surface area contributed by atoms with Gasteiger partial charge < -0.3 is 15.7 Å². The second-order valence-electron chi connectivity index (χ2n) is 5.12. The number of amides is 1. The van der Waals surface area contributed by atoms with Gasteiger partial charge in [0.25, 0.3) is 0 Å². The Kier molecular flexibility index (Phi) is 4.98. The molecule has 1 aromatic carbocycles. The molecular weight excluding hydrogens is 256 g/mol. The predicted octanol–water partition coefficient (Wildman–Crippen LogP) is 1.86. The number of para-hydroxylation sites is 1. The maximum atomic E-state index is 11.9. The third-order valence-corrected chi connectivity index (χ3v) is 3.66. The van der Waals surface area contributed by atoms with Crippen LogP contribution in [0.3, 0.4) is 0 Å². The molecule has 2 atom stereocenters. The Bertz CT molecular complexity index is 461. The topological polar surface area (TPSA) is 78.4 Å². The van der Waals surface area contributed by atoms with Gasteiger partial charge in [-0.15, -0.1) is 0 Å². The van der Waals surface area contributed by atoms with Gasteiger partial charge in [0.05, 0.1) is 12.5 Å². The third kappa shape index (κ3) is 3.98. The van der Waals surface area contributed by atoms with Crippen LogP contribution in [0.5, 0.6) is 0 Å². The van der Waals surface area contributed by atoms with Gasteiger partial charge in [-0.05, 0) is 25.0 Å². The summed E-state index contributed by atoms with van der Waals surface area (Å²) in [7, 11) is 0. The van der Waals surface area contributed by atoms with Gasteiger partial charge in [0.15, 0.2) is 0 Å². The van der Waals surface area contributed by atoms with Crippen molar-refractivity contribution < 1.29 is 14.7 Å². The molecule has 1 fully saturated rings. The number of rotatable bonds is 5. The molecule has 5 nitrogen and oxygen atoms in total. The molecule has 0 heterocycles. The number of aliphatic carboxylic acids is 1. The number of hydrogen-bond donors (Lipinski definition) is 3. The molecule has 108 valence electrons. The molecule has 0 saturated heterocycles. The highest BCUT2D eigenvalue weighted by atomic mass is 16.4. The van der Waals surface area contributed by atoms with Gasteiger partial charge in [0, 0.05) is 11.7 Å². The normalized spacial score (nSPS) is 22.0. The Morgan fingerprint density at radius 2 is 1.85 bits per heavy atom. The van der Waals surface area contributed by atoms with E-state index in [-0.39, 0.29) is 18.5 Å². The molecule has 0 aromatic heterocycles. The largest absolute Gasteiger partial charge is 0.481 e. The molecule has 1 aliphatic carbocycles. The zero-order chi connectivity index (χ0) is 14.4. The first kappa shape index (κ1) is 14.4. The average Bonchev–Trinajstić information content (AvgIpc) is 2.46. The third-order valence-electron chi connectivity index (χ3n) is 3.66. The molecule has 1 saturated carbocycles. The first-order valence-corrected chi connectivity index (χ1v) is 6.98. The van der Waals surface area contributed by atoms with Crippen molar-refractivity contribution in [2.75, 3.05) is 11.9 Å². The standard InChI is InChI=1S/C15H20N2O3/c18-14(10-16-11-6-2-1-3-7-11)17-13-9-5-4-8-12(13)15(19)20/h1-3,6-7,12-13,16H,4-5,8-10H2,(H,17,18)(H,19,20). The van der Waals surface area contributed by atoms with E-state index in [0.29, 0.717) is 6.42 Å². The summed E-state index contributed by atoms with van der Waals surface area (Å²) in [6.07, 6.45) is 3.28. The number of anilines is 1. The first-order valence-electron chi connectivity index (χ1n) is 6.98. The zero-order valence-electron chi connectivity index (χ0n) is 11.3. The number of hydrogen-bond acceptors (Lipinski definition) is 3. The Morgan fingerprint density at radius 3 is 2.55 bits per heavy atom. The SMILES string of the molecule is O=C(CNc1ccccc1)NC1CCCCC1C(=O)O. The number of carbonyl (C=O) groups excluding carboxylic acids is 1. The van der Waals surface area contributed by atoms with Crippen molar-refractivity contribution in [1.29, 1.82) is 0 Å². The minimum atomic E-state index is -0.814. The van der Waals surface area contributed by atoms with Crippen LogP contribution in [0.4, 0.5) is 5.69 Å². The van der Waals surface area contributed by atoms with E-state index in [4.69, 9.17) is 5.11 Å². The van der Waals surface area contributed by atoms with E-state index in [2.05, 4.69) is 10.6 Å². The van der Waals surface area contributed by atoms with Crippen LogP contribution in [0.1, 0.15) is 25.7 Å². The minimum Gasteiger partial charge on any atom is -0.481 e. The van der Waals surface area contributed by atoms with Crippen LogP contribution in [-0.4, -0.2) is 29.6 Å². The molecule has 3 N–H and O–H groups in total. The molecule has 5 heteroatoms. The van der Waals surface area contributed by atoms with Gasteiger partial charge in [0.1, 0.15) is 0 Å². The lowest BCUT2D eigenvalue weighted by Crippen LogP contribution is -2.46. The second kappa shape index (κ2) is 6.93. The quantitative estimate of drug-likeness (QED) is 0.767. The number of carbonyl (C=O) groups is 2. The van der Waals surface area contributed by atoms with E-state index in [0.717, 1.165) is 24.9 Å². The van der Waals surface area contributed by atoms with Crippen LogP contribution in [-0.2, 0) is 9.59 Å². The molecule has 1 aromatic rings. The summed E-state index contributed by atoms with van der Waals surface area (Å²) in [6, 6.07) is 9.21. The fourth-order valence-corrected chi connectivity index (χ4v) is 2.60. The summed E-state index contributed by atoms with van der Waals surface area (Å²) in [5, 5.41) is 15.0. The van der Waals surface area contributed by atoms with E-state index < -0.39 is 11.9 Å². The van der Waals surface area contributed by atoms with Gasteiger partial charge in [-0.2, -0.15) is 0 Å². The summed E-state index contributed by atoms with van der Waals surface area (Å²) in [5.74, 6) is -1.43. The van der Waals surface area contributed by atoms with Crippen molar-refractivity contribution in [2.45, 2.75) is 31.7 Å². The molecule has 0 aliphatic heterocycles. The Morgan fingerprint density at radius 1 is 1.15 bits per heavy atom. The maximum Gasteiger partial charge on any atom is 0.308 e. The Labute approximate surface area is 118 Å². The van der Waals surface area contributed by atoms with Crippen LogP contribution >= 0.6 is 0 Å². The molecule has 0 radical (unpaired) electrons. The highest BCUT2D eigenvalue weighted by Crippen LogP contribution is 2.24. The van der Waals surface area contributed by atoms with Gasteiger partial charge in [-0.1, -0.05) is 31.0 Å². The average molecular weight is 276 g/mol. The lowest BCUT2D eigenvalue weighted by Gasteiger charge is -2.29. The highest BCUT2D eigenvalue weighted by Gasteiger charge is 2.31. The van der Waals surface area contributed by atoms with E-state index in [1.54, 1.807) is 0 Å². The number of carboxylic acid groups (broad SMARTS) is 1. The summed E-state index contributed by atoms with van der Waals surface area (Å²) in [6.45, 7) is 0.160. The number of nitrogens with one attached hydrogen (secondary N) is 2. The smallest absolute Gasteiger partial charge is 0.308 e. The zero-order valence-corrected chi connectivity index (χ0v) is 11.3. The maximum absolute atomic E-state index is 11.9. The number of carboxylic acids is 1.